The maximum absolute atomic E-state index is 11.0. The normalized spacial score (nSPS) is 12.9. The van der Waals surface area contributed by atoms with E-state index in [9.17, 15) is 8.42 Å². The van der Waals surface area contributed by atoms with Crippen LogP contribution >= 0.6 is 0 Å². The molecule has 0 heterocycles. The fraction of sp³-hybridized carbons (Fsp3) is 0.588. The minimum atomic E-state index is -3.48. The molecule has 24 heavy (non-hydrogen) atoms. The Hall–Kier alpha value is -1.60. The number of hydrogen-bond donors (Lipinski definition) is 3. The molecule has 1 aromatic carbocycles. The van der Waals surface area contributed by atoms with E-state index in [1.807, 2.05) is 13.0 Å². The summed E-state index contributed by atoms with van der Waals surface area (Å²) in [6.07, 6.45) is 1.96. The molecule has 7 heteroatoms. The summed E-state index contributed by atoms with van der Waals surface area (Å²) in [7, 11) is -3.48. The minimum absolute atomic E-state index is 0.0243. The van der Waals surface area contributed by atoms with Crippen molar-refractivity contribution in [1.29, 1.82) is 0 Å². The van der Waals surface area contributed by atoms with Crippen LogP contribution in [0.1, 0.15) is 39.2 Å². The van der Waals surface area contributed by atoms with Gasteiger partial charge in [-0.1, -0.05) is 44.2 Å². The summed E-state index contributed by atoms with van der Waals surface area (Å²) < 4.78 is 22.1. The van der Waals surface area contributed by atoms with Crippen LogP contribution in [0.2, 0.25) is 0 Å². The maximum Gasteiger partial charge on any atom is 0.210 e. The van der Waals surface area contributed by atoms with Crippen LogP contribution < -0.4 is 15.8 Å². The van der Waals surface area contributed by atoms with Gasteiger partial charge < -0.3 is 10.6 Å². The lowest BCUT2D eigenvalue weighted by atomic mass is 9.76. The smallest absolute Gasteiger partial charge is 0.210 e. The number of benzene rings is 1. The second kappa shape index (κ2) is 9.64. The van der Waals surface area contributed by atoms with Crippen LogP contribution in [0.5, 0.6) is 0 Å². The summed E-state index contributed by atoms with van der Waals surface area (Å²) in [5, 5.41) is 11.2. The molecular formula is C17H30N4O2S. The molecule has 0 unspecified atom stereocenters. The van der Waals surface area contributed by atoms with Crippen LogP contribution in [0.4, 0.5) is 0 Å². The first-order chi connectivity index (χ1) is 11.4. The fourth-order valence-electron chi connectivity index (χ4n) is 2.65. The highest BCUT2D eigenvalue weighted by molar-refractivity contribution is 7.89. The number of nitrogens with zero attached hydrogens (tertiary/aromatic N) is 1. The third-order valence-electron chi connectivity index (χ3n) is 4.30. The van der Waals surface area contributed by atoms with Crippen molar-refractivity contribution in [3.05, 3.63) is 35.9 Å². The van der Waals surface area contributed by atoms with Gasteiger partial charge in [-0.05, 0) is 25.3 Å². The van der Waals surface area contributed by atoms with Gasteiger partial charge in [-0.2, -0.15) is 0 Å². The quantitative estimate of drug-likeness (QED) is 0.463. The standard InChI is InChI=1S/C17H30N4O2S/c1-4-17(5-2,15-10-8-7-9-11-15)14-21-16(19-6-3)20-12-13-24(18,22)23/h7-11H,4-6,12-14H2,1-3H3,(H2,18,22,23)(H2,19,20,21). The van der Waals surface area contributed by atoms with Crippen molar-refractivity contribution in [1.82, 2.24) is 10.6 Å². The van der Waals surface area contributed by atoms with E-state index in [0.717, 1.165) is 12.8 Å². The van der Waals surface area contributed by atoms with Gasteiger partial charge in [0, 0.05) is 18.5 Å². The van der Waals surface area contributed by atoms with Crippen LogP contribution in [-0.4, -0.2) is 39.8 Å². The van der Waals surface area contributed by atoms with Crippen LogP contribution in [0, 0.1) is 0 Å². The molecule has 0 atom stereocenters. The van der Waals surface area contributed by atoms with E-state index in [-0.39, 0.29) is 17.7 Å². The molecule has 0 bridgehead atoms. The van der Waals surface area contributed by atoms with Crippen LogP contribution in [0.15, 0.2) is 35.3 Å². The van der Waals surface area contributed by atoms with Crippen LogP contribution in [0.3, 0.4) is 0 Å². The fourth-order valence-corrected chi connectivity index (χ4v) is 3.04. The lowest BCUT2D eigenvalue weighted by Gasteiger charge is -2.31. The third-order valence-corrected chi connectivity index (χ3v) is 5.08. The molecular weight excluding hydrogens is 324 g/mol. The number of nitrogens with one attached hydrogen (secondary N) is 2. The van der Waals surface area contributed by atoms with Crippen molar-refractivity contribution < 1.29 is 8.42 Å². The predicted molar refractivity (Wildman–Crippen MR) is 101 cm³/mol. The van der Waals surface area contributed by atoms with Gasteiger partial charge in [0.25, 0.3) is 0 Å². The molecule has 0 radical (unpaired) electrons. The highest BCUT2D eigenvalue weighted by Crippen LogP contribution is 2.31. The van der Waals surface area contributed by atoms with Gasteiger partial charge in [0.1, 0.15) is 0 Å². The minimum Gasteiger partial charge on any atom is -0.357 e. The molecule has 0 amide bonds. The number of hydrogen-bond acceptors (Lipinski definition) is 3. The second-order valence-electron chi connectivity index (χ2n) is 5.84. The number of sulfonamides is 1. The van der Waals surface area contributed by atoms with E-state index in [1.54, 1.807) is 0 Å². The molecule has 0 saturated heterocycles. The summed E-state index contributed by atoms with van der Waals surface area (Å²) in [4.78, 5) is 4.68. The Bertz CT molecular complexity index is 611. The molecule has 0 saturated carbocycles. The van der Waals surface area contributed by atoms with E-state index in [0.29, 0.717) is 19.0 Å². The Labute approximate surface area is 146 Å². The number of nitrogens with two attached hydrogens (primary N) is 1. The topological polar surface area (TPSA) is 96.6 Å². The Kier molecular flexibility index (Phi) is 8.21. The van der Waals surface area contributed by atoms with E-state index >= 15 is 0 Å². The van der Waals surface area contributed by atoms with Gasteiger partial charge in [0.2, 0.25) is 10.0 Å². The largest absolute Gasteiger partial charge is 0.357 e. The lowest BCUT2D eigenvalue weighted by molar-refractivity contribution is 0.407. The van der Waals surface area contributed by atoms with Crippen molar-refractivity contribution in [3.63, 3.8) is 0 Å². The van der Waals surface area contributed by atoms with Crippen molar-refractivity contribution in [2.24, 2.45) is 10.1 Å². The van der Waals surface area contributed by atoms with Crippen molar-refractivity contribution in [2.75, 3.05) is 25.4 Å². The van der Waals surface area contributed by atoms with Crippen LogP contribution in [-0.2, 0) is 15.4 Å². The van der Waals surface area contributed by atoms with Gasteiger partial charge in [-0.3, -0.25) is 4.99 Å². The first kappa shape index (κ1) is 20.4. The van der Waals surface area contributed by atoms with Gasteiger partial charge in [0.05, 0.1) is 12.3 Å². The first-order valence-corrected chi connectivity index (χ1v) is 10.2. The second-order valence-corrected chi connectivity index (χ2v) is 7.58. The molecule has 1 rings (SSSR count). The van der Waals surface area contributed by atoms with Crippen molar-refractivity contribution in [3.8, 4) is 0 Å². The molecule has 0 aliphatic heterocycles. The Morgan fingerprint density at radius 2 is 1.75 bits per heavy atom. The molecule has 4 N–H and O–H groups in total. The number of rotatable bonds is 9. The Morgan fingerprint density at radius 1 is 1.12 bits per heavy atom. The summed E-state index contributed by atoms with van der Waals surface area (Å²) in [5.74, 6) is 0.492. The monoisotopic (exact) mass is 354 g/mol. The Balaban J connectivity index is 2.87. The van der Waals surface area contributed by atoms with Gasteiger partial charge in [0.15, 0.2) is 5.96 Å². The van der Waals surface area contributed by atoms with Crippen molar-refractivity contribution >= 4 is 16.0 Å². The average Bonchev–Trinajstić information content (AvgIpc) is 2.56. The molecule has 0 spiro atoms. The maximum atomic E-state index is 11.0. The number of aliphatic imine (C=N–C) groups is 1. The predicted octanol–water partition coefficient (Wildman–Crippen LogP) is 1.59. The zero-order chi connectivity index (χ0) is 18.1. The van der Waals surface area contributed by atoms with Gasteiger partial charge in [-0.25, -0.2) is 13.6 Å². The van der Waals surface area contributed by atoms with E-state index < -0.39 is 10.0 Å². The molecule has 1 aromatic rings. The van der Waals surface area contributed by atoms with Crippen LogP contribution in [0.25, 0.3) is 0 Å². The third kappa shape index (κ3) is 6.49. The number of primary sulfonamides is 1. The summed E-state index contributed by atoms with van der Waals surface area (Å²) in [6.45, 7) is 7.90. The highest BCUT2D eigenvalue weighted by Gasteiger charge is 2.28. The SMILES string of the molecule is CCNC(=NCC(CC)(CC)c1ccccc1)NCCS(N)(=O)=O. The molecule has 6 nitrogen and oxygen atoms in total. The van der Waals surface area contributed by atoms with E-state index in [1.165, 1.54) is 5.56 Å². The lowest BCUT2D eigenvalue weighted by Crippen LogP contribution is -2.41. The summed E-state index contributed by atoms with van der Waals surface area (Å²) in [5.41, 5.74) is 1.25. The molecule has 0 aliphatic carbocycles. The van der Waals surface area contributed by atoms with E-state index in [2.05, 4.69) is 53.7 Å². The molecule has 0 aliphatic rings. The summed E-state index contributed by atoms with van der Waals surface area (Å²) >= 11 is 0. The zero-order valence-electron chi connectivity index (χ0n) is 14.9. The van der Waals surface area contributed by atoms with Crippen molar-refractivity contribution in [2.45, 2.75) is 39.0 Å². The van der Waals surface area contributed by atoms with E-state index in [4.69, 9.17) is 5.14 Å². The van der Waals surface area contributed by atoms with Gasteiger partial charge in [-0.15, -0.1) is 0 Å². The van der Waals surface area contributed by atoms with Gasteiger partial charge >= 0.3 is 0 Å². The first-order valence-electron chi connectivity index (χ1n) is 8.45. The molecule has 0 aromatic heterocycles. The molecule has 136 valence electrons. The zero-order valence-corrected chi connectivity index (χ0v) is 15.7. The average molecular weight is 355 g/mol. The Morgan fingerprint density at radius 3 is 2.25 bits per heavy atom. The highest BCUT2D eigenvalue weighted by atomic mass is 32.2. The summed E-state index contributed by atoms with van der Waals surface area (Å²) in [6, 6.07) is 10.4. The molecule has 0 fully saturated rings. The number of guanidine groups is 1.